The van der Waals surface area contributed by atoms with Crippen LogP contribution in [0.1, 0.15) is 44.7 Å². The molecule has 1 amide bonds. The molecule has 0 aliphatic heterocycles. The molecular weight excluding hydrogens is 472 g/mol. The molecule has 182 valence electrons. The third-order valence-corrected chi connectivity index (χ3v) is 6.54. The largest absolute Gasteiger partial charge is 0.436 e. The molecule has 1 atom stereocenters. The molecule has 2 N–H and O–H groups in total. The van der Waals surface area contributed by atoms with Crippen molar-refractivity contribution in [2.45, 2.75) is 39.0 Å². The molecule has 1 unspecified atom stereocenters. The van der Waals surface area contributed by atoms with E-state index in [1.165, 1.54) is 5.56 Å². The van der Waals surface area contributed by atoms with Crippen molar-refractivity contribution in [2.24, 2.45) is 0 Å². The Bertz CT molecular complexity index is 1540. The highest BCUT2D eigenvalue weighted by Crippen LogP contribution is 2.34. The molecule has 6 nitrogen and oxygen atoms in total. The molecular formula is C29H27ClN4O2. The fourth-order valence-electron chi connectivity index (χ4n) is 4.08. The molecule has 0 bridgehead atoms. The van der Waals surface area contributed by atoms with Crippen LogP contribution in [0.3, 0.4) is 0 Å². The van der Waals surface area contributed by atoms with Crippen LogP contribution in [0.5, 0.6) is 0 Å². The summed E-state index contributed by atoms with van der Waals surface area (Å²) < 4.78 is 6.08. The number of aromatic nitrogens is 3. The van der Waals surface area contributed by atoms with Crippen molar-refractivity contribution >= 4 is 34.3 Å². The second-order valence-corrected chi connectivity index (χ2v) is 10.4. The fourth-order valence-corrected chi connectivity index (χ4v) is 4.21. The van der Waals surface area contributed by atoms with Gasteiger partial charge in [-0.1, -0.05) is 62.7 Å². The lowest BCUT2D eigenvalue weighted by Gasteiger charge is -2.18. The van der Waals surface area contributed by atoms with E-state index in [2.05, 4.69) is 48.4 Å². The summed E-state index contributed by atoms with van der Waals surface area (Å²) in [6.45, 7) is 8.38. The number of nitrogens with one attached hydrogen (secondary N) is 2. The molecule has 3 aromatic carbocycles. The van der Waals surface area contributed by atoms with Gasteiger partial charge < -0.3 is 9.73 Å². The van der Waals surface area contributed by atoms with E-state index in [-0.39, 0.29) is 17.2 Å². The summed E-state index contributed by atoms with van der Waals surface area (Å²) in [5.74, 6) is 0.0561. The molecule has 2 aromatic heterocycles. The van der Waals surface area contributed by atoms with Gasteiger partial charge in [-0.25, -0.2) is 4.98 Å². The van der Waals surface area contributed by atoms with Crippen LogP contribution in [-0.4, -0.2) is 21.1 Å². The lowest BCUT2D eigenvalue weighted by molar-refractivity contribution is -0.117. The molecule has 0 saturated heterocycles. The van der Waals surface area contributed by atoms with Gasteiger partial charge in [0.05, 0.1) is 11.5 Å². The number of hydrogen-bond acceptors (Lipinski definition) is 4. The van der Waals surface area contributed by atoms with Crippen molar-refractivity contribution in [3.8, 4) is 22.7 Å². The Morgan fingerprint density at radius 3 is 2.58 bits per heavy atom. The summed E-state index contributed by atoms with van der Waals surface area (Å²) in [5.41, 5.74) is 6.60. The Kier molecular flexibility index (Phi) is 6.14. The Hall–Kier alpha value is -3.90. The zero-order valence-electron chi connectivity index (χ0n) is 20.6. The van der Waals surface area contributed by atoms with Gasteiger partial charge in [0.1, 0.15) is 11.2 Å². The number of hydrogen-bond donors (Lipinski definition) is 2. The van der Waals surface area contributed by atoms with Gasteiger partial charge >= 0.3 is 0 Å². The van der Waals surface area contributed by atoms with Crippen LogP contribution in [0.2, 0.25) is 5.02 Å². The third kappa shape index (κ3) is 4.77. The van der Waals surface area contributed by atoms with Crippen molar-refractivity contribution in [1.82, 2.24) is 15.2 Å². The van der Waals surface area contributed by atoms with E-state index < -0.39 is 0 Å². The highest BCUT2D eigenvalue weighted by molar-refractivity contribution is 6.30. The first kappa shape index (κ1) is 23.8. The molecule has 5 aromatic rings. The van der Waals surface area contributed by atoms with E-state index >= 15 is 0 Å². The normalized spacial score (nSPS) is 12.6. The maximum Gasteiger partial charge on any atom is 0.231 e. The summed E-state index contributed by atoms with van der Waals surface area (Å²) in [4.78, 5) is 17.6. The minimum absolute atomic E-state index is 0.0179. The van der Waals surface area contributed by atoms with Crippen molar-refractivity contribution in [3.05, 3.63) is 89.1 Å². The lowest BCUT2D eigenvalue weighted by Crippen LogP contribution is -2.18. The number of benzene rings is 3. The van der Waals surface area contributed by atoms with E-state index in [0.29, 0.717) is 22.3 Å². The van der Waals surface area contributed by atoms with Crippen LogP contribution in [0.4, 0.5) is 5.69 Å². The molecule has 0 spiro atoms. The van der Waals surface area contributed by atoms with Gasteiger partial charge in [-0.3, -0.25) is 9.89 Å². The monoisotopic (exact) mass is 498 g/mol. The van der Waals surface area contributed by atoms with Crippen molar-refractivity contribution in [3.63, 3.8) is 0 Å². The number of carbonyl (C=O) groups excluding carboxylic acids is 1. The van der Waals surface area contributed by atoms with E-state index in [9.17, 15) is 4.79 Å². The minimum Gasteiger partial charge on any atom is -0.436 e. The van der Waals surface area contributed by atoms with Gasteiger partial charge in [0.15, 0.2) is 5.58 Å². The minimum atomic E-state index is -0.329. The Balaban J connectivity index is 1.41. The van der Waals surface area contributed by atoms with Crippen molar-refractivity contribution in [2.75, 3.05) is 5.32 Å². The maximum atomic E-state index is 12.9. The summed E-state index contributed by atoms with van der Waals surface area (Å²) in [6.07, 6.45) is 1.78. The second-order valence-electron chi connectivity index (χ2n) is 9.94. The quantitative estimate of drug-likeness (QED) is 0.261. The number of halogens is 1. The topological polar surface area (TPSA) is 83.8 Å². The highest BCUT2D eigenvalue weighted by atomic mass is 35.5. The Morgan fingerprint density at radius 2 is 1.83 bits per heavy atom. The number of amides is 1. The van der Waals surface area contributed by atoms with E-state index in [0.717, 1.165) is 27.8 Å². The molecule has 0 saturated carbocycles. The summed E-state index contributed by atoms with van der Waals surface area (Å²) in [6, 6.07) is 21.0. The average Bonchev–Trinajstić information content (AvgIpc) is 3.50. The first-order valence-corrected chi connectivity index (χ1v) is 12.2. The van der Waals surface area contributed by atoms with Crippen molar-refractivity contribution in [1.29, 1.82) is 0 Å². The first-order chi connectivity index (χ1) is 17.2. The number of H-pyrrole nitrogens is 1. The van der Waals surface area contributed by atoms with Crippen LogP contribution >= 0.6 is 11.6 Å². The number of anilines is 1. The molecule has 5 rings (SSSR count). The number of fused-ring (bicyclic) bond motifs is 1. The van der Waals surface area contributed by atoms with Gasteiger partial charge in [0.25, 0.3) is 0 Å². The van der Waals surface area contributed by atoms with Gasteiger partial charge in [0, 0.05) is 22.5 Å². The van der Waals surface area contributed by atoms with Gasteiger partial charge in [0.2, 0.25) is 11.8 Å². The molecule has 0 fully saturated rings. The number of nitrogens with zero attached hydrogens (tertiary/aromatic N) is 2. The lowest BCUT2D eigenvalue weighted by atomic mass is 9.87. The second kappa shape index (κ2) is 9.28. The number of carbonyl (C=O) groups is 1. The van der Waals surface area contributed by atoms with Crippen LogP contribution < -0.4 is 5.32 Å². The number of oxazole rings is 1. The standard InChI is InChI=1S/C29H27ClN4O2/c1-17(18-8-11-21(30)12-9-18)27(35)32-22-7-5-6-19(14-22)26-23(16-31-34-26)28-33-24-15-20(29(2,3)4)10-13-25(24)36-28/h5-17H,1-4H3,(H,31,34)(H,32,35). The number of rotatable bonds is 5. The van der Waals surface area contributed by atoms with Crippen LogP contribution in [0.25, 0.3) is 33.8 Å². The summed E-state index contributed by atoms with van der Waals surface area (Å²) in [7, 11) is 0. The molecule has 7 heteroatoms. The van der Waals surface area contributed by atoms with Gasteiger partial charge in [-0.05, 0) is 59.9 Å². The van der Waals surface area contributed by atoms with Gasteiger partial charge in [-0.15, -0.1) is 0 Å². The average molecular weight is 499 g/mol. The maximum absolute atomic E-state index is 12.9. The van der Waals surface area contributed by atoms with Crippen LogP contribution in [-0.2, 0) is 10.2 Å². The predicted molar refractivity (Wildman–Crippen MR) is 144 cm³/mol. The van der Waals surface area contributed by atoms with Crippen molar-refractivity contribution < 1.29 is 9.21 Å². The number of aromatic amines is 1. The zero-order chi connectivity index (χ0) is 25.4. The molecule has 0 aliphatic rings. The van der Waals surface area contributed by atoms with Crippen LogP contribution in [0, 0.1) is 0 Å². The first-order valence-electron chi connectivity index (χ1n) is 11.8. The smallest absolute Gasteiger partial charge is 0.231 e. The predicted octanol–water partition coefficient (Wildman–Crippen LogP) is 7.58. The molecule has 0 radical (unpaired) electrons. The fraction of sp³-hybridized carbons (Fsp3) is 0.207. The Labute approximate surface area is 214 Å². The van der Waals surface area contributed by atoms with E-state index in [4.69, 9.17) is 21.0 Å². The van der Waals surface area contributed by atoms with Crippen LogP contribution in [0.15, 0.2) is 77.3 Å². The van der Waals surface area contributed by atoms with E-state index in [1.807, 2.05) is 49.4 Å². The zero-order valence-corrected chi connectivity index (χ0v) is 21.4. The molecule has 2 heterocycles. The summed E-state index contributed by atoms with van der Waals surface area (Å²) in [5, 5.41) is 11.0. The van der Waals surface area contributed by atoms with E-state index in [1.54, 1.807) is 18.3 Å². The van der Waals surface area contributed by atoms with Gasteiger partial charge in [-0.2, -0.15) is 5.10 Å². The molecule has 0 aliphatic carbocycles. The SMILES string of the molecule is CC(C(=O)Nc1cccc(-c2n[nH]cc2-c2nc3cc(C(C)(C)C)ccc3o2)c1)c1ccc(Cl)cc1. The Morgan fingerprint density at radius 1 is 1.06 bits per heavy atom. The molecule has 36 heavy (non-hydrogen) atoms. The highest BCUT2D eigenvalue weighted by Gasteiger charge is 2.20. The third-order valence-electron chi connectivity index (χ3n) is 6.29. The summed E-state index contributed by atoms with van der Waals surface area (Å²) >= 11 is 5.98.